The Balaban J connectivity index is 2.35. The lowest BCUT2D eigenvalue weighted by atomic mass is 9.74. The molecule has 2 aliphatic rings. The quantitative estimate of drug-likeness (QED) is 0.753. The van der Waals surface area contributed by atoms with E-state index in [0.29, 0.717) is 5.71 Å². The first kappa shape index (κ1) is 15.2. The van der Waals surface area contributed by atoms with Crippen LogP contribution in [0.3, 0.4) is 0 Å². The van der Waals surface area contributed by atoms with Crippen LogP contribution in [0.25, 0.3) is 0 Å². The Morgan fingerprint density at radius 3 is 2.67 bits per heavy atom. The second-order valence-corrected chi connectivity index (χ2v) is 6.15. The first-order valence-electron chi connectivity index (χ1n) is 6.99. The van der Waals surface area contributed by atoms with E-state index >= 15 is 0 Å². The molecule has 4 nitrogen and oxygen atoms in total. The molecule has 0 spiro atoms. The largest absolute Gasteiger partial charge is 0.325 e. The number of fused-ring (bicyclic) bond motifs is 1. The Labute approximate surface area is 125 Å². The molecule has 2 rings (SSSR count). The number of carbonyl (C=O) groups excluding carboxylic acids is 2. The fraction of sp³-hybridized carbons (Fsp3) is 0.353. The van der Waals surface area contributed by atoms with Crippen LogP contribution in [0.5, 0.6) is 0 Å². The molecule has 1 aliphatic carbocycles. The average molecular weight is 284 g/mol. The number of allylic oxidation sites excluding steroid dienone is 4. The number of carbonyl (C=O) groups is 2. The third-order valence-electron chi connectivity index (χ3n) is 3.40. The van der Waals surface area contributed by atoms with Crippen molar-refractivity contribution in [1.82, 2.24) is 5.32 Å². The number of hydrogen-bond donors (Lipinski definition) is 1. The molecule has 1 N–H and O–H groups in total. The van der Waals surface area contributed by atoms with Gasteiger partial charge in [0.2, 0.25) is 5.91 Å². The van der Waals surface area contributed by atoms with E-state index in [4.69, 9.17) is 0 Å². The van der Waals surface area contributed by atoms with Gasteiger partial charge in [-0.1, -0.05) is 32.9 Å². The smallest absolute Gasteiger partial charge is 0.269 e. The first-order valence-corrected chi connectivity index (χ1v) is 6.99. The molecule has 110 valence electrons. The lowest BCUT2D eigenvalue weighted by Crippen LogP contribution is -2.36. The second kappa shape index (κ2) is 5.64. The summed E-state index contributed by atoms with van der Waals surface area (Å²) < 4.78 is 0. The fourth-order valence-corrected chi connectivity index (χ4v) is 2.45. The SMILES string of the molecule is C/C=C\C(=O)N=C1C=CC2C(=C1)NC(=O)C=C2C(C)(C)C. The van der Waals surface area contributed by atoms with E-state index in [0.717, 1.165) is 11.3 Å². The Morgan fingerprint density at radius 2 is 2.05 bits per heavy atom. The molecule has 0 bridgehead atoms. The normalized spacial score (nSPS) is 23.7. The molecular weight excluding hydrogens is 264 g/mol. The maximum absolute atomic E-state index is 11.8. The van der Waals surface area contributed by atoms with E-state index in [1.54, 1.807) is 25.2 Å². The molecule has 1 atom stereocenters. The maximum Gasteiger partial charge on any atom is 0.269 e. The molecule has 0 aromatic rings. The van der Waals surface area contributed by atoms with E-state index in [2.05, 4.69) is 31.1 Å². The van der Waals surface area contributed by atoms with Gasteiger partial charge in [-0.3, -0.25) is 9.59 Å². The highest BCUT2D eigenvalue weighted by Gasteiger charge is 2.32. The minimum Gasteiger partial charge on any atom is -0.325 e. The summed E-state index contributed by atoms with van der Waals surface area (Å²) in [5.74, 6) is -0.392. The molecule has 1 aliphatic heterocycles. The van der Waals surface area contributed by atoms with Gasteiger partial charge in [-0.2, -0.15) is 0 Å². The maximum atomic E-state index is 11.8. The fourth-order valence-electron chi connectivity index (χ4n) is 2.45. The Bertz CT molecular complexity index is 626. The lowest BCUT2D eigenvalue weighted by Gasteiger charge is -2.34. The molecule has 0 aromatic heterocycles. The van der Waals surface area contributed by atoms with Crippen LogP contribution in [0.1, 0.15) is 27.7 Å². The summed E-state index contributed by atoms with van der Waals surface area (Å²) in [6.45, 7) is 8.03. The third-order valence-corrected chi connectivity index (χ3v) is 3.40. The standard InChI is InChI=1S/C17H20N2O2/c1-5-6-15(20)18-11-7-8-12-13(17(2,3)4)10-16(21)19-14(12)9-11/h5-10,12H,1-4H3,(H,19,21)/b6-5-,18-11?. The van der Waals surface area contributed by atoms with Gasteiger partial charge in [0, 0.05) is 23.8 Å². The van der Waals surface area contributed by atoms with Gasteiger partial charge in [-0.15, -0.1) is 0 Å². The molecule has 21 heavy (non-hydrogen) atoms. The predicted octanol–water partition coefficient (Wildman–Crippen LogP) is 2.70. The number of nitrogens with zero attached hydrogens (tertiary/aromatic N) is 1. The van der Waals surface area contributed by atoms with Crippen molar-refractivity contribution in [2.75, 3.05) is 0 Å². The summed E-state index contributed by atoms with van der Waals surface area (Å²) in [5, 5.41) is 2.84. The zero-order chi connectivity index (χ0) is 15.6. The van der Waals surface area contributed by atoms with Crippen LogP contribution in [0.4, 0.5) is 0 Å². The minimum atomic E-state index is -0.304. The van der Waals surface area contributed by atoms with Crippen LogP contribution >= 0.6 is 0 Å². The third kappa shape index (κ3) is 3.45. The van der Waals surface area contributed by atoms with Gasteiger partial charge in [0.05, 0.1) is 5.71 Å². The number of hydrogen-bond acceptors (Lipinski definition) is 2. The van der Waals surface area contributed by atoms with Crippen molar-refractivity contribution < 1.29 is 9.59 Å². The predicted molar refractivity (Wildman–Crippen MR) is 83.6 cm³/mol. The highest BCUT2D eigenvalue weighted by atomic mass is 16.2. The molecule has 4 heteroatoms. The van der Waals surface area contributed by atoms with Gasteiger partial charge in [0.1, 0.15) is 0 Å². The summed E-state index contributed by atoms with van der Waals surface area (Å²) in [5.41, 5.74) is 2.30. The van der Waals surface area contributed by atoms with E-state index in [1.165, 1.54) is 6.08 Å². The van der Waals surface area contributed by atoms with Crippen molar-refractivity contribution in [3.63, 3.8) is 0 Å². The van der Waals surface area contributed by atoms with Crippen LogP contribution in [-0.4, -0.2) is 17.5 Å². The van der Waals surface area contributed by atoms with Crippen molar-refractivity contribution in [3.05, 3.63) is 47.7 Å². The second-order valence-electron chi connectivity index (χ2n) is 6.15. The topological polar surface area (TPSA) is 58.5 Å². The molecule has 2 amide bonds. The summed E-state index contributed by atoms with van der Waals surface area (Å²) in [4.78, 5) is 27.3. The Hall–Kier alpha value is -2.23. The van der Waals surface area contributed by atoms with Crippen LogP contribution in [0.15, 0.2) is 52.7 Å². The highest BCUT2D eigenvalue weighted by molar-refractivity contribution is 6.12. The van der Waals surface area contributed by atoms with Crippen molar-refractivity contribution in [2.24, 2.45) is 16.3 Å². The summed E-state index contributed by atoms with van der Waals surface area (Å²) in [6, 6.07) is 0. The van der Waals surface area contributed by atoms with E-state index in [1.807, 2.05) is 12.2 Å². The Morgan fingerprint density at radius 1 is 1.33 bits per heavy atom. The van der Waals surface area contributed by atoms with E-state index < -0.39 is 0 Å². The molecule has 1 unspecified atom stereocenters. The molecule has 0 radical (unpaired) electrons. The number of aliphatic imine (C=N–C) groups is 1. The van der Waals surface area contributed by atoms with Gasteiger partial charge < -0.3 is 5.32 Å². The zero-order valence-electron chi connectivity index (χ0n) is 12.8. The lowest BCUT2D eigenvalue weighted by molar-refractivity contribution is -0.116. The zero-order valence-corrected chi connectivity index (χ0v) is 12.8. The van der Waals surface area contributed by atoms with Crippen molar-refractivity contribution in [2.45, 2.75) is 27.7 Å². The molecule has 0 saturated carbocycles. The number of rotatable bonds is 1. The van der Waals surface area contributed by atoms with Crippen LogP contribution in [0, 0.1) is 11.3 Å². The van der Waals surface area contributed by atoms with Crippen molar-refractivity contribution in [1.29, 1.82) is 0 Å². The molecule has 0 fully saturated rings. The summed E-state index contributed by atoms with van der Waals surface area (Å²) in [7, 11) is 0. The van der Waals surface area contributed by atoms with E-state index in [-0.39, 0.29) is 23.1 Å². The van der Waals surface area contributed by atoms with Gasteiger partial charge >= 0.3 is 0 Å². The molecular formula is C17H20N2O2. The molecule has 0 aromatic carbocycles. The van der Waals surface area contributed by atoms with Crippen molar-refractivity contribution >= 4 is 17.5 Å². The highest BCUT2D eigenvalue weighted by Crippen LogP contribution is 2.38. The van der Waals surface area contributed by atoms with Crippen molar-refractivity contribution in [3.8, 4) is 0 Å². The Kier molecular flexibility index (Phi) is 4.07. The van der Waals surface area contributed by atoms with Crippen LogP contribution in [0.2, 0.25) is 0 Å². The summed E-state index contributed by atoms with van der Waals surface area (Å²) in [6.07, 6.45) is 10.3. The first-order chi connectivity index (χ1) is 9.81. The van der Waals surface area contributed by atoms with Crippen LogP contribution in [-0.2, 0) is 9.59 Å². The van der Waals surface area contributed by atoms with Gasteiger partial charge in [0.25, 0.3) is 5.91 Å². The van der Waals surface area contributed by atoms with Gasteiger partial charge in [-0.25, -0.2) is 4.99 Å². The summed E-state index contributed by atoms with van der Waals surface area (Å²) >= 11 is 0. The van der Waals surface area contributed by atoms with Gasteiger partial charge in [0.15, 0.2) is 0 Å². The molecule has 0 saturated heterocycles. The number of nitrogens with one attached hydrogen (secondary N) is 1. The minimum absolute atomic E-state index is 0.0402. The van der Waals surface area contributed by atoms with Crippen LogP contribution < -0.4 is 5.32 Å². The monoisotopic (exact) mass is 284 g/mol. The molecule has 1 heterocycles. The average Bonchev–Trinajstić information content (AvgIpc) is 2.36. The van der Waals surface area contributed by atoms with Gasteiger partial charge in [-0.05, 0) is 30.1 Å². The number of amides is 2. The van der Waals surface area contributed by atoms with E-state index in [9.17, 15) is 9.59 Å².